The molecule has 1 unspecified atom stereocenters. The highest BCUT2D eigenvalue weighted by molar-refractivity contribution is 5.87. The van der Waals surface area contributed by atoms with Gasteiger partial charge in [0.2, 0.25) is 5.79 Å². The smallest absolute Gasteiger partial charge is 0.261 e. The van der Waals surface area contributed by atoms with Gasteiger partial charge in [0, 0.05) is 6.42 Å². The Labute approximate surface area is 179 Å². The summed E-state index contributed by atoms with van der Waals surface area (Å²) in [5.74, 6) is -6.13. The molecule has 12 nitrogen and oxygen atoms in total. The van der Waals surface area contributed by atoms with E-state index in [1.807, 2.05) is 6.92 Å². The Bertz CT molecular complexity index is 588. The third-order valence-electron chi connectivity index (χ3n) is 5.83. The zero-order valence-corrected chi connectivity index (χ0v) is 17.4. The van der Waals surface area contributed by atoms with Crippen LogP contribution in [0.3, 0.4) is 0 Å². The van der Waals surface area contributed by atoms with Crippen molar-refractivity contribution in [1.82, 2.24) is 0 Å². The van der Waals surface area contributed by atoms with E-state index in [1.54, 1.807) is 0 Å². The highest BCUT2D eigenvalue weighted by Gasteiger charge is 2.65. The number of hydrogen-bond acceptors (Lipinski definition) is 12. The summed E-state index contributed by atoms with van der Waals surface area (Å²) < 4.78 is 16.3. The second-order valence-corrected chi connectivity index (χ2v) is 8.01. The van der Waals surface area contributed by atoms with Gasteiger partial charge in [0.25, 0.3) is 5.79 Å². The molecule has 12 heteroatoms. The lowest BCUT2D eigenvalue weighted by molar-refractivity contribution is -0.416. The van der Waals surface area contributed by atoms with Gasteiger partial charge in [-0.05, 0) is 6.42 Å². The molecule has 0 aromatic rings. The predicted octanol–water partition coefficient (Wildman–Crippen LogP) is -3.49. The first-order valence-electron chi connectivity index (χ1n) is 10.5. The highest BCUT2D eigenvalue weighted by Crippen LogP contribution is 2.42. The largest absolute Gasteiger partial charge is 0.394 e. The SMILES string of the molecule is CCCCCCC(=O)[C@@]1(OC2(CO)O[C@H](CO)[C@@H](O)[C@@H]2O)O[C@H](CO)[C@@H](O)[C@H](O)[C@H]1O. The molecular weight excluding hydrogens is 420 g/mol. The lowest BCUT2D eigenvalue weighted by atomic mass is 9.87. The molecule has 31 heavy (non-hydrogen) atoms. The summed E-state index contributed by atoms with van der Waals surface area (Å²) in [5, 5.41) is 80.4. The van der Waals surface area contributed by atoms with Crippen LogP contribution in [-0.4, -0.2) is 121 Å². The molecule has 8 N–H and O–H groups in total. The zero-order chi connectivity index (χ0) is 23.4. The third-order valence-corrected chi connectivity index (χ3v) is 5.83. The number of rotatable bonds is 11. The number of Topliss-reactive ketones (excluding diaryl/α,β-unsaturated/α-hetero) is 1. The summed E-state index contributed by atoms with van der Waals surface area (Å²) >= 11 is 0. The lowest BCUT2D eigenvalue weighted by Gasteiger charge is -2.50. The van der Waals surface area contributed by atoms with Crippen LogP contribution in [0.15, 0.2) is 0 Å². The van der Waals surface area contributed by atoms with Gasteiger partial charge in [-0.1, -0.05) is 26.2 Å². The van der Waals surface area contributed by atoms with E-state index in [-0.39, 0.29) is 6.42 Å². The maximum absolute atomic E-state index is 13.2. The number of aliphatic hydroxyl groups excluding tert-OH is 8. The lowest BCUT2D eigenvalue weighted by Crippen LogP contribution is -2.72. The average molecular weight is 454 g/mol. The maximum atomic E-state index is 13.2. The molecule has 2 fully saturated rings. The van der Waals surface area contributed by atoms with Gasteiger partial charge in [-0.25, -0.2) is 0 Å². The van der Waals surface area contributed by atoms with Crippen LogP contribution in [0, 0.1) is 0 Å². The van der Waals surface area contributed by atoms with E-state index in [1.165, 1.54) is 0 Å². The fourth-order valence-corrected chi connectivity index (χ4v) is 3.91. The molecule has 2 rings (SSSR count). The summed E-state index contributed by atoms with van der Waals surface area (Å²) in [6, 6.07) is 0. The van der Waals surface area contributed by atoms with E-state index in [0.717, 1.165) is 12.8 Å². The maximum Gasteiger partial charge on any atom is 0.261 e. The third kappa shape index (κ3) is 4.94. The second kappa shape index (κ2) is 10.9. The Kier molecular flexibility index (Phi) is 9.31. The molecule has 0 spiro atoms. The van der Waals surface area contributed by atoms with E-state index in [9.17, 15) is 45.6 Å². The van der Waals surface area contributed by atoms with Crippen LogP contribution in [0.25, 0.3) is 0 Å². The average Bonchev–Trinajstić information content (AvgIpc) is 3.01. The summed E-state index contributed by atoms with van der Waals surface area (Å²) in [7, 11) is 0. The van der Waals surface area contributed by atoms with Crippen molar-refractivity contribution in [2.75, 3.05) is 19.8 Å². The van der Waals surface area contributed by atoms with Crippen molar-refractivity contribution in [2.45, 2.75) is 93.3 Å². The van der Waals surface area contributed by atoms with Crippen molar-refractivity contribution in [3.63, 3.8) is 0 Å². The number of ether oxygens (including phenoxy) is 3. The molecule has 182 valence electrons. The van der Waals surface area contributed by atoms with Crippen LogP contribution in [-0.2, 0) is 19.0 Å². The molecule has 0 amide bonds. The van der Waals surface area contributed by atoms with Crippen molar-refractivity contribution in [3.8, 4) is 0 Å². The van der Waals surface area contributed by atoms with Gasteiger partial charge >= 0.3 is 0 Å². The molecule has 0 aromatic carbocycles. The van der Waals surface area contributed by atoms with Gasteiger partial charge in [-0.2, -0.15) is 0 Å². The van der Waals surface area contributed by atoms with Crippen LogP contribution in [0.1, 0.15) is 39.0 Å². The number of carbonyl (C=O) groups excluding carboxylic acids is 1. The first-order valence-corrected chi connectivity index (χ1v) is 10.5. The summed E-state index contributed by atoms with van der Waals surface area (Å²) in [6.45, 7) is -0.760. The molecule has 0 radical (unpaired) electrons. The Morgan fingerprint density at radius 1 is 0.839 bits per heavy atom. The fraction of sp³-hybridized carbons (Fsp3) is 0.947. The van der Waals surface area contributed by atoms with Gasteiger partial charge in [-0.3, -0.25) is 4.79 Å². The zero-order valence-electron chi connectivity index (χ0n) is 17.4. The summed E-state index contributed by atoms with van der Waals surface area (Å²) in [5.41, 5.74) is 0. The highest BCUT2D eigenvalue weighted by atomic mass is 16.8. The Balaban J connectivity index is 2.43. The molecule has 0 aromatic heterocycles. The standard InChI is InChI=1S/C19H34O12/c1-2-3-4-5-6-12(23)19(17(28)15(26)13(24)10(7-20)30-19)31-18(9-22)16(27)14(25)11(8-21)29-18/h10-11,13-17,20-22,24-28H,2-9H2,1H3/t10-,11-,13-,14-,15+,16+,17-,18?,19+/m1/s1. The van der Waals surface area contributed by atoms with Crippen LogP contribution in [0.5, 0.6) is 0 Å². The van der Waals surface area contributed by atoms with Crippen molar-refractivity contribution >= 4 is 5.78 Å². The van der Waals surface area contributed by atoms with E-state index in [2.05, 4.69) is 0 Å². The number of carbonyl (C=O) groups is 1. The molecule has 9 atom stereocenters. The Morgan fingerprint density at radius 2 is 1.45 bits per heavy atom. The van der Waals surface area contributed by atoms with E-state index < -0.39 is 79.9 Å². The normalized spacial score (nSPS) is 43.3. The number of hydrogen-bond donors (Lipinski definition) is 8. The van der Waals surface area contributed by atoms with Crippen molar-refractivity contribution in [2.24, 2.45) is 0 Å². The molecule has 2 saturated heterocycles. The van der Waals surface area contributed by atoms with Crippen LogP contribution in [0.4, 0.5) is 0 Å². The van der Waals surface area contributed by atoms with Crippen LogP contribution >= 0.6 is 0 Å². The molecular formula is C19H34O12. The quantitative estimate of drug-likeness (QED) is 0.143. The number of aliphatic hydroxyl groups is 8. The molecule has 2 aliphatic heterocycles. The van der Waals surface area contributed by atoms with E-state index in [4.69, 9.17) is 14.2 Å². The second-order valence-electron chi connectivity index (χ2n) is 8.01. The summed E-state index contributed by atoms with van der Waals surface area (Å²) in [4.78, 5) is 13.2. The van der Waals surface area contributed by atoms with Crippen LogP contribution in [0.2, 0.25) is 0 Å². The topological polar surface area (TPSA) is 207 Å². The van der Waals surface area contributed by atoms with Gasteiger partial charge in [-0.15, -0.1) is 0 Å². The van der Waals surface area contributed by atoms with Crippen molar-refractivity contribution < 1.29 is 59.9 Å². The van der Waals surface area contributed by atoms with Crippen LogP contribution < -0.4 is 0 Å². The van der Waals surface area contributed by atoms with Gasteiger partial charge in [0.1, 0.15) is 49.3 Å². The molecule has 2 aliphatic rings. The molecule has 0 saturated carbocycles. The van der Waals surface area contributed by atoms with E-state index in [0.29, 0.717) is 12.8 Å². The first-order chi connectivity index (χ1) is 14.6. The molecule has 2 heterocycles. The Morgan fingerprint density at radius 3 is 1.97 bits per heavy atom. The van der Waals surface area contributed by atoms with Crippen molar-refractivity contribution in [3.05, 3.63) is 0 Å². The Hall–Kier alpha value is -0.770. The number of unbranched alkanes of at least 4 members (excludes halogenated alkanes) is 3. The number of ketones is 1. The minimum absolute atomic E-state index is 0.193. The fourth-order valence-electron chi connectivity index (χ4n) is 3.91. The van der Waals surface area contributed by atoms with Gasteiger partial charge < -0.3 is 55.1 Å². The van der Waals surface area contributed by atoms with Gasteiger partial charge in [0.05, 0.1) is 13.2 Å². The van der Waals surface area contributed by atoms with Gasteiger partial charge in [0.15, 0.2) is 5.78 Å². The molecule has 0 aliphatic carbocycles. The monoisotopic (exact) mass is 454 g/mol. The predicted molar refractivity (Wildman–Crippen MR) is 101 cm³/mol. The minimum Gasteiger partial charge on any atom is -0.394 e. The first kappa shape index (κ1) is 26.5. The summed E-state index contributed by atoms with van der Waals surface area (Å²) in [6.07, 6.45) is -9.99. The van der Waals surface area contributed by atoms with Crippen molar-refractivity contribution in [1.29, 1.82) is 0 Å². The van der Waals surface area contributed by atoms with E-state index >= 15 is 0 Å². The minimum atomic E-state index is -2.74. The molecule has 0 bridgehead atoms.